The number of aromatic nitrogens is 2. The van der Waals surface area contributed by atoms with Crippen molar-refractivity contribution in [1.29, 1.82) is 0 Å². The van der Waals surface area contributed by atoms with Crippen molar-refractivity contribution in [3.8, 4) is 0 Å². The first-order chi connectivity index (χ1) is 8.86. The van der Waals surface area contributed by atoms with Crippen molar-refractivity contribution in [2.24, 2.45) is 0 Å². The van der Waals surface area contributed by atoms with Gasteiger partial charge in [-0.25, -0.2) is 14.8 Å². The predicted molar refractivity (Wildman–Crippen MR) is 74.8 cm³/mol. The Morgan fingerprint density at radius 1 is 1.37 bits per heavy atom. The number of hydrogen-bond donors (Lipinski definition) is 1. The molecule has 0 saturated heterocycles. The third-order valence-electron chi connectivity index (χ3n) is 2.72. The predicted octanol–water partition coefficient (Wildman–Crippen LogP) is 3.12. The van der Waals surface area contributed by atoms with Crippen LogP contribution < -0.4 is 0 Å². The number of thiazole rings is 1. The summed E-state index contributed by atoms with van der Waals surface area (Å²) >= 11 is 1.63. The molecule has 0 amide bonds. The highest BCUT2D eigenvalue weighted by Gasteiger charge is 2.17. The molecule has 1 N–H and O–H groups in total. The monoisotopic (exact) mass is 276 g/mol. The second-order valence-electron chi connectivity index (χ2n) is 5.41. The van der Waals surface area contributed by atoms with Crippen molar-refractivity contribution < 1.29 is 9.90 Å². The van der Waals surface area contributed by atoms with Crippen LogP contribution in [0.4, 0.5) is 0 Å². The Kier molecular flexibility index (Phi) is 3.66. The number of rotatable bonds is 3. The van der Waals surface area contributed by atoms with E-state index in [-0.39, 0.29) is 11.1 Å². The Morgan fingerprint density at radius 3 is 2.58 bits per heavy atom. The lowest BCUT2D eigenvalue weighted by Gasteiger charge is -2.14. The second-order valence-corrected chi connectivity index (χ2v) is 6.35. The fraction of sp³-hybridized carbons (Fsp3) is 0.357. The van der Waals surface area contributed by atoms with Gasteiger partial charge in [0.2, 0.25) is 0 Å². The number of hydrogen-bond acceptors (Lipinski definition) is 4. The Bertz CT molecular complexity index is 582. The van der Waals surface area contributed by atoms with Crippen molar-refractivity contribution in [1.82, 2.24) is 9.97 Å². The van der Waals surface area contributed by atoms with Gasteiger partial charge in [0.05, 0.1) is 10.7 Å². The van der Waals surface area contributed by atoms with E-state index in [2.05, 4.69) is 36.1 Å². The number of pyridine rings is 1. The SMILES string of the molecule is CC(C)(C)c1csc(Cc2ccc(C(=O)O)nc2)n1. The third-order valence-corrected chi connectivity index (χ3v) is 3.57. The maximum absolute atomic E-state index is 10.7. The largest absolute Gasteiger partial charge is 0.477 e. The van der Waals surface area contributed by atoms with E-state index < -0.39 is 5.97 Å². The average Bonchev–Trinajstić information content (AvgIpc) is 2.78. The summed E-state index contributed by atoms with van der Waals surface area (Å²) < 4.78 is 0. The van der Waals surface area contributed by atoms with Gasteiger partial charge in [-0.15, -0.1) is 11.3 Å². The van der Waals surface area contributed by atoms with Gasteiger partial charge in [0.15, 0.2) is 0 Å². The van der Waals surface area contributed by atoms with Crippen LogP contribution in [0.1, 0.15) is 47.5 Å². The smallest absolute Gasteiger partial charge is 0.354 e. The molecule has 0 radical (unpaired) electrons. The van der Waals surface area contributed by atoms with Crippen molar-refractivity contribution in [3.05, 3.63) is 45.7 Å². The first kappa shape index (κ1) is 13.7. The van der Waals surface area contributed by atoms with Crippen LogP contribution in [0.5, 0.6) is 0 Å². The minimum Gasteiger partial charge on any atom is -0.477 e. The van der Waals surface area contributed by atoms with Crippen molar-refractivity contribution in [2.45, 2.75) is 32.6 Å². The Balaban J connectivity index is 2.13. The van der Waals surface area contributed by atoms with Crippen LogP contribution in [0.15, 0.2) is 23.7 Å². The molecule has 2 aromatic rings. The number of carboxylic acids is 1. The zero-order valence-electron chi connectivity index (χ0n) is 11.2. The maximum atomic E-state index is 10.7. The molecule has 100 valence electrons. The normalized spacial score (nSPS) is 11.5. The Hall–Kier alpha value is -1.75. The number of aromatic carboxylic acids is 1. The van der Waals surface area contributed by atoms with Gasteiger partial charge in [-0.3, -0.25) is 0 Å². The molecule has 0 aliphatic rings. The number of nitrogens with zero attached hydrogens (tertiary/aromatic N) is 2. The standard InChI is InChI=1S/C14H16N2O2S/c1-14(2,3)11-8-19-12(16-11)6-9-4-5-10(13(17)18)15-7-9/h4-5,7-8H,6H2,1-3H3,(H,17,18). The molecule has 19 heavy (non-hydrogen) atoms. The lowest BCUT2D eigenvalue weighted by Crippen LogP contribution is -2.11. The van der Waals surface area contributed by atoms with Gasteiger partial charge < -0.3 is 5.11 Å². The Morgan fingerprint density at radius 2 is 2.11 bits per heavy atom. The van der Waals surface area contributed by atoms with Gasteiger partial charge >= 0.3 is 5.97 Å². The first-order valence-electron chi connectivity index (χ1n) is 5.99. The highest BCUT2D eigenvalue weighted by molar-refractivity contribution is 7.09. The van der Waals surface area contributed by atoms with Crippen LogP contribution in [-0.4, -0.2) is 21.0 Å². The van der Waals surface area contributed by atoms with E-state index in [9.17, 15) is 4.79 Å². The minimum absolute atomic E-state index is 0.0557. The molecule has 0 atom stereocenters. The van der Waals surface area contributed by atoms with Gasteiger partial charge in [-0.1, -0.05) is 26.8 Å². The van der Waals surface area contributed by atoms with Gasteiger partial charge in [0.25, 0.3) is 0 Å². The molecule has 2 aromatic heterocycles. The summed E-state index contributed by atoms with van der Waals surface area (Å²) in [5.41, 5.74) is 2.18. The maximum Gasteiger partial charge on any atom is 0.354 e. The summed E-state index contributed by atoms with van der Waals surface area (Å²) in [7, 11) is 0. The second kappa shape index (κ2) is 5.09. The van der Waals surface area contributed by atoms with E-state index in [0.717, 1.165) is 16.3 Å². The fourth-order valence-electron chi connectivity index (χ4n) is 1.57. The zero-order valence-corrected chi connectivity index (χ0v) is 12.0. The van der Waals surface area contributed by atoms with E-state index >= 15 is 0 Å². The zero-order chi connectivity index (χ0) is 14.0. The molecule has 0 aliphatic carbocycles. The summed E-state index contributed by atoms with van der Waals surface area (Å²) in [5, 5.41) is 11.9. The van der Waals surface area contributed by atoms with E-state index in [1.165, 1.54) is 6.07 Å². The molecule has 0 saturated carbocycles. The Labute approximate surface area is 116 Å². The van der Waals surface area contributed by atoms with Crippen molar-refractivity contribution in [2.75, 3.05) is 0 Å². The molecular weight excluding hydrogens is 260 g/mol. The van der Waals surface area contributed by atoms with E-state index in [1.54, 1.807) is 23.6 Å². The molecule has 0 aliphatic heterocycles. The van der Waals surface area contributed by atoms with Crippen LogP contribution in [0.2, 0.25) is 0 Å². The molecule has 0 bridgehead atoms. The van der Waals surface area contributed by atoms with Crippen LogP contribution in [0, 0.1) is 0 Å². The molecule has 4 nitrogen and oxygen atoms in total. The van der Waals surface area contributed by atoms with Gasteiger partial charge in [-0.05, 0) is 11.6 Å². The summed E-state index contributed by atoms with van der Waals surface area (Å²) in [5.74, 6) is -1.00. The number of carbonyl (C=O) groups is 1. The summed E-state index contributed by atoms with van der Waals surface area (Å²) in [6.45, 7) is 6.40. The quantitative estimate of drug-likeness (QED) is 0.935. The lowest BCUT2D eigenvalue weighted by atomic mass is 9.93. The molecule has 2 heterocycles. The minimum atomic E-state index is -1.00. The van der Waals surface area contributed by atoms with E-state index in [1.807, 2.05) is 0 Å². The molecule has 2 rings (SSSR count). The van der Waals surface area contributed by atoms with Crippen molar-refractivity contribution >= 4 is 17.3 Å². The summed E-state index contributed by atoms with van der Waals surface area (Å²) in [6.07, 6.45) is 2.29. The summed E-state index contributed by atoms with van der Waals surface area (Å²) in [6, 6.07) is 3.31. The van der Waals surface area contributed by atoms with E-state index in [4.69, 9.17) is 5.11 Å². The average molecular weight is 276 g/mol. The number of carboxylic acid groups (broad SMARTS) is 1. The van der Waals surface area contributed by atoms with Crippen LogP contribution in [-0.2, 0) is 11.8 Å². The topological polar surface area (TPSA) is 63.1 Å². The molecule has 5 heteroatoms. The molecule has 0 fully saturated rings. The molecule has 0 spiro atoms. The van der Waals surface area contributed by atoms with Gasteiger partial charge in [0.1, 0.15) is 5.69 Å². The first-order valence-corrected chi connectivity index (χ1v) is 6.87. The van der Waals surface area contributed by atoms with Crippen LogP contribution in [0.25, 0.3) is 0 Å². The van der Waals surface area contributed by atoms with Crippen molar-refractivity contribution in [3.63, 3.8) is 0 Å². The lowest BCUT2D eigenvalue weighted by molar-refractivity contribution is 0.0690. The third kappa shape index (κ3) is 3.38. The van der Waals surface area contributed by atoms with E-state index in [0.29, 0.717) is 6.42 Å². The highest BCUT2D eigenvalue weighted by Crippen LogP contribution is 2.24. The van der Waals surface area contributed by atoms with Crippen LogP contribution >= 0.6 is 11.3 Å². The molecule has 0 unspecified atom stereocenters. The molecular formula is C14H16N2O2S. The van der Waals surface area contributed by atoms with Crippen LogP contribution in [0.3, 0.4) is 0 Å². The highest BCUT2D eigenvalue weighted by atomic mass is 32.1. The van der Waals surface area contributed by atoms with Gasteiger partial charge in [-0.2, -0.15) is 0 Å². The fourth-order valence-corrected chi connectivity index (χ4v) is 2.62. The summed E-state index contributed by atoms with van der Waals surface area (Å²) in [4.78, 5) is 19.2. The van der Waals surface area contributed by atoms with Gasteiger partial charge in [0, 0.05) is 23.4 Å². The molecule has 0 aromatic carbocycles.